The number of aromatic nitrogens is 2. The van der Waals surface area contributed by atoms with Crippen LogP contribution in [0.3, 0.4) is 0 Å². The minimum Gasteiger partial charge on any atom is -0.545 e. The van der Waals surface area contributed by atoms with Gasteiger partial charge in [0.1, 0.15) is 0 Å². The van der Waals surface area contributed by atoms with Gasteiger partial charge in [-0.25, -0.2) is 0 Å². The van der Waals surface area contributed by atoms with Gasteiger partial charge in [0.2, 0.25) is 0 Å². The fourth-order valence-corrected chi connectivity index (χ4v) is 2.42. The number of nitrogens with zero attached hydrogens (tertiary/aromatic N) is 2. The summed E-state index contributed by atoms with van der Waals surface area (Å²) in [6.45, 7) is 14.4. The molecule has 1 heterocycles. The third-order valence-electron chi connectivity index (χ3n) is 3.70. The van der Waals surface area contributed by atoms with Crippen molar-refractivity contribution in [3.8, 4) is 0 Å². The van der Waals surface area contributed by atoms with E-state index in [4.69, 9.17) is 4.74 Å². The molecule has 0 aliphatic heterocycles. The molecule has 0 saturated carbocycles. The average molecular weight is 636 g/mol. The van der Waals surface area contributed by atoms with Crippen LogP contribution < -0.4 is 5.32 Å². The van der Waals surface area contributed by atoms with Gasteiger partial charge in [-0.1, -0.05) is 40.5 Å². The molecular weight excluding hydrogens is 603 g/mol. The van der Waals surface area contributed by atoms with Crippen LogP contribution in [-0.2, 0) is 69.7 Å². The summed E-state index contributed by atoms with van der Waals surface area (Å²) in [4.78, 5) is 29.0. The zero-order valence-corrected chi connectivity index (χ0v) is 24.0. The Morgan fingerprint density at radius 3 is 2.32 bits per heavy atom. The van der Waals surface area contributed by atoms with Crippen molar-refractivity contribution in [3.63, 3.8) is 0 Å². The summed E-state index contributed by atoms with van der Waals surface area (Å²) in [5, 5.41) is 3.36. The van der Waals surface area contributed by atoms with Crippen molar-refractivity contribution in [1.82, 2.24) is 14.9 Å². The summed E-state index contributed by atoms with van der Waals surface area (Å²) in [6.07, 6.45) is 7.84. The number of carbonyl (C=O) groups excluding carboxylic acids is 2. The minimum absolute atomic E-state index is 0. The summed E-state index contributed by atoms with van der Waals surface area (Å²) in [5.41, 5.74) is -0.162. The monoisotopic (exact) mass is 636 g/mol. The van der Waals surface area contributed by atoms with Crippen LogP contribution in [-0.4, -0.2) is 46.0 Å². The summed E-state index contributed by atoms with van der Waals surface area (Å²) in [5.74, 6) is -0.160. The van der Waals surface area contributed by atoms with Crippen molar-refractivity contribution in [3.05, 3.63) is 18.2 Å². The van der Waals surface area contributed by atoms with Crippen LogP contribution in [0.5, 0.6) is 0 Å². The van der Waals surface area contributed by atoms with Crippen molar-refractivity contribution in [2.24, 2.45) is 5.41 Å². The van der Waals surface area contributed by atoms with Gasteiger partial charge in [0, 0.05) is 71.3 Å². The Balaban J connectivity index is 0. The van der Waals surface area contributed by atoms with Crippen molar-refractivity contribution in [2.75, 3.05) is 13.2 Å². The van der Waals surface area contributed by atoms with Crippen LogP contribution in [0.15, 0.2) is 0 Å². The quantitative estimate of drug-likeness (QED) is 0.334. The molecule has 1 unspecified atom stereocenters. The molecule has 1 rings (SSSR count). The van der Waals surface area contributed by atoms with Crippen LogP contribution in [0.1, 0.15) is 71.8 Å². The Morgan fingerprint density at radius 2 is 1.82 bits per heavy atom. The van der Waals surface area contributed by atoms with E-state index in [-0.39, 0.29) is 77.6 Å². The van der Waals surface area contributed by atoms with Gasteiger partial charge < -0.3 is 24.4 Å². The second-order valence-corrected chi connectivity index (χ2v) is 8.67. The van der Waals surface area contributed by atoms with Gasteiger partial charge in [-0.3, -0.25) is 11.0 Å². The zero-order chi connectivity index (χ0) is 20.0. The molecule has 1 radical (unpaired) electrons. The second-order valence-electron chi connectivity index (χ2n) is 8.67. The van der Waals surface area contributed by atoms with E-state index in [0.29, 0.717) is 18.7 Å². The molecule has 0 aromatic carbocycles. The Kier molecular flexibility index (Phi) is 14.7. The van der Waals surface area contributed by atoms with Crippen LogP contribution in [0.2, 0.25) is 0 Å². The molecule has 1 aromatic rings. The molecule has 6 nitrogen and oxygen atoms in total. The summed E-state index contributed by atoms with van der Waals surface area (Å²) >= 11 is 0. The first-order valence-electron chi connectivity index (χ1n) is 9.25. The van der Waals surface area contributed by atoms with Crippen molar-refractivity contribution in [1.29, 1.82) is 0 Å². The van der Waals surface area contributed by atoms with Crippen LogP contribution in [0.25, 0.3) is 0 Å². The minimum atomic E-state index is -0.474. The number of hydrogen-bond donors (Lipinski definition) is 1. The molecule has 28 heavy (non-hydrogen) atoms. The molecule has 8 heteroatoms. The number of nitrogens with one attached hydrogen (secondary N) is 1. The number of ketones is 1. The fourth-order valence-electron chi connectivity index (χ4n) is 2.42. The third kappa shape index (κ3) is 11.4. The summed E-state index contributed by atoms with van der Waals surface area (Å²) < 4.78 is 6.52. The van der Waals surface area contributed by atoms with Gasteiger partial charge in [-0.05, 0) is 27.2 Å². The topological polar surface area (TPSA) is 73.2 Å². The van der Waals surface area contributed by atoms with Crippen molar-refractivity contribution < 1.29 is 68.1 Å². The van der Waals surface area contributed by atoms with E-state index in [1.165, 1.54) is 4.57 Å². The van der Waals surface area contributed by atoms with E-state index in [1.54, 1.807) is 0 Å². The van der Waals surface area contributed by atoms with Crippen LogP contribution in [0, 0.1) is 17.9 Å². The molecule has 1 N–H and O–H groups in total. The number of hydrogen-bond acceptors (Lipinski definition) is 5. The van der Waals surface area contributed by atoms with E-state index >= 15 is 0 Å². The molecule has 157 valence electrons. The number of imidazole rings is 1. The van der Waals surface area contributed by atoms with Gasteiger partial charge in [-0.2, -0.15) is 5.69 Å². The maximum Gasteiger partial charge on any atom is 0.153 e. The molecule has 0 aliphatic carbocycles. The first-order valence-corrected chi connectivity index (χ1v) is 9.25. The summed E-state index contributed by atoms with van der Waals surface area (Å²) in [6, 6.07) is -0.404. The maximum atomic E-state index is 12.8. The predicted octanol–water partition coefficient (Wildman–Crippen LogP) is 2.85. The Labute approximate surface area is 209 Å². The number of ether oxygens (including phenoxy) is 1. The van der Waals surface area contributed by atoms with Crippen LogP contribution >= 0.6 is 0 Å². The molecule has 0 bridgehead atoms. The van der Waals surface area contributed by atoms with Crippen LogP contribution in [0.4, 0.5) is 0 Å². The number of Topliss-reactive ketones (excluding diaryl/α,β-unsaturated/α-hetero) is 1. The molecule has 0 fully saturated rings. The van der Waals surface area contributed by atoms with Gasteiger partial charge in [0.25, 0.3) is 0 Å². The molecule has 0 aliphatic rings. The standard InChI is InChI=1S/C20H33N3O3.W.Y/c1-8-9-10-26-13-17(24)23-12-15(21-14-23)11-16(22-20(5,6)7)18(25)19(2,3)4;;/h16,22H,8-11,13H2,1-7H3;;/q-2;;. The Hall–Kier alpha value is 0.262. The van der Waals surface area contributed by atoms with E-state index < -0.39 is 11.5 Å². The first-order chi connectivity index (χ1) is 11.9. The SMILES string of the molecule is CCCCOCC(=O)n1[c-]nc(CC(NC(C)(C)C)C(=O)C(C)(C)C)[c-]1.[W].[Y]. The summed E-state index contributed by atoms with van der Waals surface area (Å²) in [7, 11) is 0. The third-order valence-corrected chi connectivity index (χ3v) is 3.70. The maximum absolute atomic E-state index is 12.8. The molecule has 1 aromatic heterocycles. The fraction of sp³-hybridized carbons (Fsp3) is 0.750. The molecule has 0 saturated heterocycles. The van der Waals surface area contributed by atoms with Crippen molar-refractivity contribution in [2.45, 2.75) is 79.3 Å². The first kappa shape index (κ1) is 30.5. The molecule has 0 amide bonds. The number of rotatable bonds is 9. The average Bonchev–Trinajstić information content (AvgIpc) is 2.96. The molecule has 0 spiro atoms. The largest absolute Gasteiger partial charge is 0.545 e. The van der Waals surface area contributed by atoms with Gasteiger partial charge >= 0.3 is 0 Å². The predicted molar refractivity (Wildman–Crippen MR) is 101 cm³/mol. The normalized spacial score (nSPS) is 12.7. The van der Waals surface area contributed by atoms with E-state index in [9.17, 15) is 9.59 Å². The van der Waals surface area contributed by atoms with Gasteiger partial charge in [0.05, 0.1) is 18.6 Å². The smallest absolute Gasteiger partial charge is 0.153 e. The zero-order valence-electron chi connectivity index (χ0n) is 18.2. The molecular formula is C20H33N3O3WY-2. The van der Waals surface area contributed by atoms with Gasteiger partial charge in [0.15, 0.2) is 5.78 Å². The Bertz CT molecular complexity index is 607. The molecule has 1 atom stereocenters. The van der Waals surface area contributed by atoms with Gasteiger partial charge in [-0.15, -0.1) is 6.33 Å². The number of carbonyl (C=O) groups is 2. The van der Waals surface area contributed by atoms with E-state index in [1.807, 2.05) is 41.5 Å². The van der Waals surface area contributed by atoms with Crippen molar-refractivity contribution >= 4 is 11.7 Å². The Morgan fingerprint density at radius 1 is 1.21 bits per heavy atom. The number of unbranched alkanes of at least 4 members (excludes halogenated alkanes) is 1. The van der Waals surface area contributed by atoms with E-state index in [2.05, 4.69) is 29.7 Å². The second kappa shape index (κ2) is 13.5. The van der Waals surface area contributed by atoms with E-state index in [0.717, 1.165) is 12.8 Å².